The molecule has 0 N–H and O–H groups in total. The summed E-state index contributed by atoms with van der Waals surface area (Å²) in [7, 11) is 0. The predicted molar refractivity (Wildman–Crippen MR) is 123 cm³/mol. The van der Waals surface area contributed by atoms with Crippen LogP contribution in [0.3, 0.4) is 0 Å². The monoisotopic (exact) mass is 428 g/mol. The van der Waals surface area contributed by atoms with E-state index in [1.165, 1.54) is 16.7 Å². The molecule has 0 saturated heterocycles. The molecule has 156 valence electrons. The average Bonchev–Trinajstić information content (AvgIpc) is 3.19. The van der Waals surface area contributed by atoms with E-state index < -0.39 is 0 Å². The van der Waals surface area contributed by atoms with Gasteiger partial charge in [-0.25, -0.2) is 9.50 Å². The second kappa shape index (κ2) is 8.27. The zero-order valence-corrected chi connectivity index (χ0v) is 18.5. The van der Waals surface area contributed by atoms with Crippen LogP contribution in [-0.4, -0.2) is 25.4 Å². The molecule has 0 radical (unpaired) electrons. The molecule has 2 aromatic carbocycles. The number of carbonyl (C=O) groups excluding carboxylic acids is 1. The molecule has 0 fully saturated rings. The molecule has 1 aliphatic rings. The van der Waals surface area contributed by atoms with Crippen molar-refractivity contribution in [3.63, 3.8) is 0 Å². The van der Waals surface area contributed by atoms with Crippen molar-refractivity contribution in [3.05, 3.63) is 88.7 Å². The summed E-state index contributed by atoms with van der Waals surface area (Å²) < 4.78 is 1.64. The minimum atomic E-state index is 0.127. The summed E-state index contributed by atoms with van der Waals surface area (Å²) in [6.45, 7) is 4.38. The second-order valence-corrected chi connectivity index (χ2v) is 9.31. The molecule has 0 amide bonds. The highest BCUT2D eigenvalue weighted by Crippen LogP contribution is 2.33. The van der Waals surface area contributed by atoms with E-state index in [0.29, 0.717) is 28.8 Å². The summed E-state index contributed by atoms with van der Waals surface area (Å²) in [5.41, 5.74) is 5.24. The van der Waals surface area contributed by atoms with Crippen LogP contribution in [0, 0.1) is 0 Å². The van der Waals surface area contributed by atoms with E-state index >= 15 is 0 Å². The molecule has 2 heterocycles. The van der Waals surface area contributed by atoms with Gasteiger partial charge in [0.1, 0.15) is 0 Å². The van der Waals surface area contributed by atoms with Crippen LogP contribution in [0.1, 0.15) is 64.8 Å². The summed E-state index contributed by atoms with van der Waals surface area (Å²) in [4.78, 5) is 22.2. The Morgan fingerprint density at radius 3 is 2.55 bits per heavy atom. The van der Waals surface area contributed by atoms with E-state index in [4.69, 9.17) is 4.98 Å². The SMILES string of the molecule is CC(C)c1ccc([C@@H]2CC(=O)c3cn4nc(SCc5ccccc5)nc4nc3C2)cc1. The number of fused-ring (bicyclic) bond motifs is 2. The Balaban J connectivity index is 1.38. The van der Waals surface area contributed by atoms with Gasteiger partial charge in [0.25, 0.3) is 5.78 Å². The Labute approximate surface area is 185 Å². The first-order chi connectivity index (χ1) is 15.1. The lowest BCUT2D eigenvalue weighted by atomic mass is 9.81. The summed E-state index contributed by atoms with van der Waals surface area (Å²) in [6.07, 6.45) is 3.06. The van der Waals surface area contributed by atoms with E-state index in [9.17, 15) is 4.79 Å². The molecule has 5 nitrogen and oxygen atoms in total. The van der Waals surface area contributed by atoms with Gasteiger partial charge >= 0.3 is 0 Å². The molecule has 1 aliphatic carbocycles. The fourth-order valence-electron chi connectivity index (χ4n) is 4.04. The zero-order chi connectivity index (χ0) is 21.4. The molecule has 31 heavy (non-hydrogen) atoms. The molecular formula is C25H24N4OS. The van der Waals surface area contributed by atoms with E-state index in [1.54, 1.807) is 22.5 Å². The van der Waals surface area contributed by atoms with Crippen molar-refractivity contribution >= 4 is 23.3 Å². The number of ketones is 1. The molecule has 0 saturated carbocycles. The Hall–Kier alpha value is -2.99. The van der Waals surface area contributed by atoms with Crippen molar-refractivity contribution in [1.29, 1.82) is 0 Å². The zero-order valence-electron chi connectivity index (χ0n) is 17.7. The van der Waals surface area contributed by atoms with Crippen LogP contribution in [0.2, 0.25) is 0 Å². The minimum Gasteiger partial charge on any atom is -0.294 e. The first kappa shape index (κ1) is 19.9. The van der Waals surface area contributed by atoms with E-state index in [1.807, 2.05) is 18.2 Å². The summed E-state index contributed by atoms with van der Waals surface area (Å²) in [5, 5.41) is 5.20. The fraction of sp³-hybridized carbons (Fsp3) is 0.280. The standard InChI is InChI=1S/C25H24N4OS/c1-16(2)18-8-10-19(11-9-18)20-12-22-21(23(30)13-20)14-29-24(26-22)27-25(28-29)31-15-17-6-4-3-5-7-17/h3-11,14,16,20H,12-13,15H2,1-2H3/t20-/m0/s1. The smallest absolute Gasteiger partial charge is 0.253 e. The van der Waals surface area contributed by atoms with Crippen molar-refractivity contribution in [2.24, 2.45) is 0 Å². The van der Waals surface area contributed by atoms with Gasteiger partial charge in [-0.15, -0.1) is 5.10 Å². The Morgan fingerprint density at radius 1 is 1.03 bits per heavy atom. The lowest BCUT2D eigenvalue weighted by Crippen LogP contribution is -2.21. The average molecular weight is 429 g/mol. The molecule has 1 atom stereocenters. The van der Waals surface area contributed by atoms with Gasteiger partial charge in [-0.3, -0.25) is 4.79 Å². The third-order valence-corrected chi connectivity index (χ3v) is 6.76. The van der Waals surface area contributed by atoms with E-state index in [-0.39, 0.29) is 11.7 Å². The summed E-state index contributed by atoms with van der Waals surface area (Å²) in [5.74, 6) is 2.14. The Morgan fingerprint density at radius 2 is 1.81 bits per heavy atom. The van der Waals surface area contributed by atoms with Gasteiger partial charge in [-0.2, -0.15) is 4.98 Å². The van der Waals surface area contributed by atoms with Gasteiger partial charge < -0.3 is 0 Å². The maximum Gasteiger partial charge on any atom is 0.253 e. The number of hydrogen-bond acceptors (Lipinski definition) is 5. The van der Waals surface area contributed by atoms with Crippen molar-refractivity contribution in [2.45, 2.75) is 49.4 Å². The molecule has 0 aliphatic heterocycles. The highest BCUT2D eigenvalue weighted by molar-refractivity contribution is 7.98. The van der Waals surface area contributed by atoms with Gasteiger partial charge in [0.05, 0.1) is 11.3 Å². The van der Waals surface area contributed by atoms with Crippen LogP contribution in [0.15, 0.2) is 66.0 Å². The number of benzene rings is 2. The van der Waals surface area contributed by atoms with Crippen molar-refractivity contribution in [3.8, 4) is 0 Å². The van der Waals surface area contributed by atoms with Crippen LogP contribution in [-0.2, 0) is 12.2 Å². The normalized spacial score (nSPS) is 16.1. The number of hydrogen-bond donors (Lipinski definition) is 0. The molecule has 6 heteroatoms. The van der Waals surface area contributed by atoms with Crippen LogP contribution in [0.25, 0.3) is 5.78 Å². The van der Waals surface area contributed by atoms with Gasteiger partial charge in [0.2, 0.25) is 5.16 Å². The molecule has 5 rings (SSSR count). The van der Waals surface area contributed by atoms with Gasteiger partial charge in [0.15, 0.2) is 5.78 Å². The quantitative estimate of drug-likeness (QED) is 0.396. The number of Topliss-reactive ketones (excluding diaryl/α,β-unsaturated/α-hetero) is 1. The van der Waals surface area contributed by atoms with Gasteiger partial charge in [-0.05, 0) is 34.9 Å². The fourth-order valence-corrected chi connectivity index (χ4v) is 4.82. The molecule has 4 aromatic rings. The molecule has 2 aromatic heterocycles. The highest BCUT2D eigenvalue weighted by atomic mass is 32.2. The van der Waals surface area contributed by atoms with E-state index in [2.05, 4.69) is 60.3 Å². The molecule has 0 spiro atoms. The summed E-state index contributed by atoms with van der Waals surface area (Å²) in [6, 6.07) is 18.9. The Kier molecular flexibility index (Phi) is 5.32. The number of carbonyl (C=O) groups is 1. The molecule has 0 unspecified atom stereocenters. The molecular weight excluding hydrogens is 404 g/mol. The van der Waals surface area contributed by atoms with Crippen LogP contribution in [0.5, 0.6) is 0 Å². The van der Waals surface area contributed by atoms with Crippen molar-refractivity contribution < 1.29 is 4.79 Å². The maximum atomic E-state index is 12.9. The lowest BCUT2D eigenvalue weighted by Gasteiger charge is -2.23. The van der Waals surface area contributed by atoms with Crippen LogP contribution >= 0.6 is 11.8 Å². The predicted octanol–water partition coefficient (Wildman–Crippen LogP) is 5.45. The first-order valence-electron chi connectivity index (χ1n) is 10.6. The number of aromatic nitrogens is 4. The third-order valence-electron chi connectivity index (χ3n) is 5.85. The maximum absolute atomic E-state index is 12.9. The number of thioether (sulfide) groups is 1. The first-order valence-corrected chi connectivity index (χ1v) is 11.6. The van der Waals surface area contributed by atoms with Gasteiger partial charge in [0, 0.05) is 18.4 Å². The third kappa shape index (κ3) is 4.12. The van der Waals surface area contributed by atoms with Crippen LogP contribution < -0.4 is 0 Å². The van der Waals surface area contributed by atoms with Crippen LogP contribution in [0.4, 0.5) is 0 Å². The minimum absolute atomic E-state index is 0.127. The van der Waals surface area contributed by atoms with E-state index in [0.717, 1.165) is 17.9 Å². The number of nitrogens with zero attached hydrogens (tertiary/aromatic N) is 4. The van der Waals surface area contributed by atoms with Crippen molar-refractivity contribution in [1.82, 2.24) is 19.6 Å². The number of rotatable bonds is 5. The largest absolute Gasteiger partial charge is 0.294 e. The summed E-state index contributed by atoms with van der Waals surface area (Å²) >= 11 is 1.58. The molecule has 0 bridgehead atoms. The topological polar surface area (TPSA) is 60.2 Å². The van der Waals surface area contributed by atoms with Crippen molar-refractivity contribution in [2.75, 3.05) is 0 Å². The highest BCUT2D eigenvalue weighted by Gasteiger charge is 2.28. The Bertz CT molecular complexity index is 1230. The van der Waals surface area contributed by atoms with Gasteiger partial charge in [-0.1, -0.05) is 80.2 Å². The second-order valence-electron chi connectivity index (χ2n) is 8.36. The lowest BCUT2D eigenvalue weighted by molar-refractivity contribution is 0.0962.